The number of aryl methyl sites for hydroxylation is 1. The first-order valence-electron chi connectivity index (χ1n) is 11.2. The van der Waals surface area contributed by atoms with Crippen molar-refractivity contribution in [3.8, 4) is 0 Å². The largest absolute Gasteiger partial charge is 0.322 e. The van der Waals surface area contributed by atoms with E-state index in [2.05, 4.69) is 17.4 Å². The first-order valence-corrected chi connectivity index (χ1v) is 11.2. The van der Waals surface area contributed by atoms with Gasteiger partial charge >= 0.3 is 0 Å². The fraction of sp³-hybridized carbons (Fsp3) is 0.259. The average molecular weight is 440 g/mol. The Hall–Kier alpha value is -3.80. The average Bonchev–Trinajstić information content (AvgIpc) is 3.13. The number of piperidine rings is 1. The van der Waals surface area contributed by atoms with E-state index in [4.69, 9.17) is 0 Å². The third-order valence-electron chi connectivity index (χ3n) is 6.50. The zero-order chi connectivity index (χ0) is 22.9. The molecule has 0 aromatic heterocycles. The molecule has 0 spiro atoms. The minimum absolute atomic E-state index is 0.173. The van der Waals surface area contributed by atoms with Crippen LogP contribution >= 0.6 is 0 Å². The highest BCUT2D eigenvalue weighted by Crippen LogP contribution is 2.28. The fourth-order valence-electron chi connectivity index (χ4n) is 4.73. The van der Waals surface area contributed by atoms with Crippen molar-refractivity contribution in [2.75, 3.05) is 0 Å². The van der Waals surface area contributed by atoms with Crippen LogP contribution in [0, 0.1) is 0 Å². The lowest BCUT2D eigenvalue weighted by Gasteiger charge is -2.29. The first-order chi connectivity index (χ1) is 16.0. The van der Waals surface area contributed by atoms with Crippen molar-refractivity contribution < 1.29 is 19.2 Å². The molecule has 6 nitrogen and oxygen atoms in total. The van der Waals surface area contributed by atoms with E-state index in [0.29, 0.717) is 37.8 Å². The number of rotatable bonds is 6. The molecule has 2 aliphatic rings. The zero-order valence-corrected chi connectivity index (χ0v) is 18.2. The number of hydrogen-bond acceptors (Lipinski definition) is 4. The van der Waals surface area contributed by atoms with Crippen LogP contribution in [0.25, 0.3) is 10.8 Å². The van der Waals surface area contributed by atoms with Crippen LogP contribution in [0.4, 0.5) is 0 Å². The number of amides is 3. The van der Waals surface area contributed by atoms with E-state index in [1.807, 2.05) is 42.5 Å². The van der Waals surface area contributed by atoms with Gasteiger partial charge in [0.2, 0.25) is 11.8 Å². The second-order valence-corrected chi connectivity index (χ2v) is 8.79. The molecular weight excluding hydrogens is 416 g/mol. The summed E-state index contributed by atoms with van der Waals surface area (Å²) in [6.45, 7) is 0.347. The molecule has 0 radical (unpaired) electrons. The van der Waals surface area contributed by atoms with E-state index < -0.39 is 11.9 Å². The molecule has 2 heterocycles. The zero-order valence-electron chi connectivity index (χ0n) is 18.2. The van der Waals surface area contributed by atoms with Gasteiger partial charge in [0.15, 0.2) is 0 Å². The van der Waals surface area contributed by atoms with Crippen LogP contribution in [0.1, 0.15) is 46.3 Å². The lowest BCUT2D eigenvalue weighted by Crippen LogP contribution is -2.52. The van der Waals surface area contributed by atoms with Crippen molar-refractivity contribution in [1.29, 1.82) is 0 Å². The van der Waals surface area contributed by atoms with Crippen molar-refractivity contribution in [1.82, 2.24) is 10.2 Å². The number of nitrogens with one attached hydrogen (secondary N) is 1. The van der Waals surface area contributed by atoms with E-state index in [-0.39, 0.29) is 24.0 Å². The van der Waals surface area contributed by atoms with Gasteiger partial charge in [-0.2, -0.15) is 0 Å². The van der Waals surface area contributed by atoms with E-state index in [1.165, 1.54) is 0 Å². The standard InChI is InChI=1S/C27H24N2O4/c30-22(15-18-5-8-19-3-1-2-4-20(19)14-18)9-6-17-7-10-23-21(13-17)16-29(27(23)33)24-11-12-25(31)28-26(24)32/h1-5,7-8,10,13-14,24H,6,9,11-12,15-16H2,(H,28,31,32). The molecule has 33 heavy (non-hydrogen) atoms. The highest BCUT2D eigenvalue weighted by Gasteiger charge is 2.39. The SMILES string of the molecule is O=C(CCc1ccc2c(c1)CN(C1CCC(=O)NC1=O)C2=O)Cc1ccc2ccccc2c1. The molecule has 1 unspecified atom stereocenters. The Labute approximate surface area is 191 Å². The predicted octanol–water partition coefficient (Wildman–Crippen LogP) is 3.35. The minimum atomic E-state index is -0.616. The smallest absolute Gasteiger partial charge is 0.255 e. The quantitative estimate of drug-likeness (QED) is 0.596. The van der Waals surface area contributed by atoms with Crippen molar-refractivity contribution >= 4 is 34.3 Å². The molecule has 1 N–H and O–H groups in total. The van der Waals surface area contributed by atoms with Gasteiger partial charge in [0.25, 0.3) is 5.91 Å². The predicted molar refractivity (Wildman–Crippen MR) is 123 cm³/mol. The van der Waals surface area contributed by atoms with Crippen molar-refractivity contribution in [2.45, 2.75) is 44.7 Å². The van der Waals surface area contributed by atoms with Crippen LogP contribution in [-0.4, -0.2) is 34.4 Å². The second kappa shape index (κ2) is 8.62. The van der Waals surface area contributed by atoms with Gasteiger partial charge in [-0.05, 0) is 46.4 Å². The van der Waals surface area contributed by atoms with Crippen LogP contribution in [0.5, 0.6) is 0 Å². The molecule has 0 bridgehead atoms. The summed E-state index contributed by atoms with van der Waals surface area (Å²) >= 11 is 0. The molecule has 6 heteroatoms. The summed E-state index contributed by atoms with van der Waals surface area (Å²) in [4.78, 5) is 50.5. The number of nitrogens with zero attached hydrogens (tertiary/aromatic N) is 1. The Bertz CT molecular complexity index is 1300. The molecule has 0 saturated carbocycles. The number of Topliss-reactive ketones (excluding diaryl/α,β-unsaturated/α-hetero) is 1. The summed E-state index contributed by atoms with van der Waals surface area (Å²) in [6, 6.07) is 19.2. The highest BCUT2D eigenvalue weighted by molar-refractivity contribution is 6.05. The molecule has 3 aromatic rings. The van der Waals surface area contributed by atoms with Crippen molar-refractivity contribution in [3.05, 3.63) is 82.9 Å². The number of hydrogen-bond donors (Lipinski definition) is 1. The van der Waals surface area contributed by atoms with Crippen LogP contribution in [0.2, 0.25) is 0 Å². The van der Waals surface area contributed by atoms with Crippen LogP contribution < -0.4 is 5.32 Å². The third kappa shape index (κ3) is 4.29. The summed E-state index contributed by atoms with van der Waals surface area (Å²) in [7, 11) is 0. The second-order valence-electron chi connectivity index (χ2n) is 8.79. The Morgan fingerprint density at radius 3 is 2.55 bits per heavy atom. The Morgan fingerprint density at radius 2 is 1.73 bits per heavy atom. The number of ketones is 1. The first kappa shape index (κ1) is 21.1. The summed E-state index contributed by atoms with van der Waals surface area (Å²) in [5.74, 6) is -0.714. The van der Waals surface area contributed by atoms with Crippen LogP contribution in [-0.2, 0) is 33.8 Å². The maximum atomic E-state index is 12.8. The molecule has 3 aromatic carbocycles. The molecule has 1 fully saturated rings. The summed E-state index contributed by atoms with van der Waals surface area (Å²) in [6.07, 6.45) is 2.02. The van der Waals surface area contributed by atoms with Crippen molar-refractivity contribution in [3.63, 3.8) is 0 Å². The molecule has 1 atom stereocenters. The summed E-state index contributed by atoms with van der Waals surface area (Å²) in [5, 5.41) is 4.61. The van der Waals surface area contributed by atoms with E-state index in [9.17, 15) is 19.2 Å². The third-order valence-corrected chi connectivity index (χ3v) is 6.50. The number of benzene rings is 3. The van der Waals surface area contributed by atoms with Gasteiger partial charge in [0, 0.05) is 31.4 Å². The lowest BCUT2D eigenvalue weighted by molar-refractivity contribution is -0.137. The Morgan fingerprint density at radius 1 is 0.939 bits per heavy atom. The molecule has 3 amide bonds. The summed E-state index contributed by atoms with van der Waals surface area (Å²) < 4.78 is 0. The van der Waals surface area contributed by atoms with Gasteiger partial charge in [0.05, 0.1) is 0 Å². The van der Waals surface area contributed by atoms with E-state index >= 15 is 0 Å². The highest BCUT2D eigenvalue weighted by atomic mass is 16.2. The van der Waals surface area contributed by atoms with Gasteiger partial charge in [-0.15, -0.1) is 0 Å². The number of carbonyl (C=O) groups excluding carboxylic acids is 4. The maximum Gasteiger partial charge on any atom is 0.255 e. The molecule has 0 aliphatic carbocycles. The summed E-state index contributed by atoms with van der Waals surface area (Å²) in [5.41, 5.74) is 3.46. The van der Waals surface area contributed by atoms with Crippen LogP contribution in [0.3, 0.4) is 0 Å². The van der Waals surface area contributed by atoms with Gasteiger partial charge < -0.3 is 4.90 Å². The van der Waals surface area contributed by atoms with Gasteiger partial charge in [-0.1, -0.05) is 54.6 Å². The number of fused-ring (bicyclic) bond motifs is 2. The van der Waals surface area contributed by atoms with E-state index in [1.54, 1.807) is 11.0 Å². The van der Waals surface area contributed by atoms with Crippen LogP contribution in [0.15, 0.2) is 60.7 Å². The normalized spacial score (nSPS) is 17.9. The van der Waals surface area contributed by atoms with Gasteiger partial charge in [-0.3, -0.25) is 24.5 Å². The molecule has 1 saturated heterocycles. The topological polar surface area (TPSA) is 83.6 Å². The number of imide groups is 1. The van der Waals surface area contributed by atoms with E-state index in [0.717, 1.165) is 27.5 Å². The van der Waals surface area contributed by atoms with Crippen molar-refractivity contribution in [2.24, 2.45) is 0 Å². The number of carbonyl (C=O) groups is 4. The maximum absolute atomic E-state index is 12.8. The monoisotopic (exact) mass is 440 g/mol. The molecular formula is C27H24N2O4. The van der Waals surface area contributed by atoms with Gasteiger partial charge in [0.1, 0.15) is 11.8 Å². The molecule has 5 rings (SSSR count). The molecule has 2 aliphatic heterocycles. The Kier molecular flexibility index (Phi) is 5.50. The fourth-order valence-corrected chi connectivity index (χ4v) is 4.73. The molecule has 166 valence electrons. The Balaban J connectivity index is 1.21. The lowest BCUT2D eigenvalue weighted by atomic mass is 9.98. The minimum Gasteiger partial charge on any atom is -0.322 e. The van der Waals surface area contributed by atoms with Gasteiger partial charge in [-0.25, -0.2) is 0 Å².